The maximum atomic E-state index is 12.8. The summed E-state index contributed by atoms with van der Waals surface area (Å²) in [6.07, 6.45) is 0. The molecule has 0 amide bonds. The zero-order valence-corrected chi connectivity index (χ0v) is 13.3. The van der Waals surface area contributed by atoms with E-state index in [1.807, 2.05) is 20.8 Å². The number of rotatable bonds is 3. The number of piperazine rings is 1. The first-order valence-electron chi connectivity index (χ1n) is 6.75. The van der Waals surface area contributed by atoms with Crippen molar-refractivity contribution in [1.29, 1.82) is 0 Å². The van der Waals surface area contributed by atoms with Gasteiger partial charge in [0, 0.05) is 25.7 Å². The van der Waals surface area contributed by atoms with E-state index in [-0.39, 0.29) is 6.04 Å². The number of hydrogen-bond donors (Lipinski definition) is 1. The molecule has 1 aliphatic heterocycles. The van der Waals surface area contributed by atoms with Gasteiger partial charge >= 0.3 is 0 Å². The van der Waals surface area contributed by atoms with Gasteiger partial charge in [0.15, 0.2) is 0 Å². The fourth-order valence-electron chi connectivity index (χ4n) is 2.70. The van der Waals surface area contributed by atoms with Crippen LogP contribution in [0.3, 0.4) is 0 Å². The third-order valence-electron chi connectivity index (χ3n) is 3.68. The second-order valence-corrected chi connectivity index (χ2v) is 7.15. The van der Waals surface area contributed by atoms with E-state index in [4.69, 9.17) is 4.74 Å². The molecule has 20 heavy (non-hydrogen) atoms. The molecule has 1 unspecified atom stereocenters. The van der Waals surface area contributed by atoms with Crippen LogP contribution in [-0.4, -0.2) is 45.5 Å². The molecular formula is C14H22N2O3S. The Kier molecular flexibility index (Phi) is 4.36. The van der Waals surface area contributed by atoms with E-state index >= 15 is 0 Å². The van der Waals surface area contributed by atoms with Crippen molar-refractivity contribution in [2.75, 3.05) is 26.7 Å². The first kappa shape index (κ1) is 15.3. The maximum Gasteiger partial charge on any atom is 0.243 e. The van der Waals surface area contributed by atoms with Crippen LogP contribution in [0.5, 0.6) is 5.75 Å². The molecule has 1 aliphatic rings. The predicted molar refractivity (Wildman–Crippen MR) is 78.7 cm³/mol. The number of ether oxygens (including phenoxy) is 1. The van der Waals surface area contributed by atoms with Crippen molar-refractivity contribution in [3.8, 4) is 5.75 Å². The molecule has 0 spiro atoms. The van der Waals surface area contributed by atoms with Crippen LogP contribution in [-0.2, 0) is 10.0 Å². The summed E-state index contributed by atoms with van der Waals surface area (Å²) < 4.78 is 32.4. The van der Waals surface area contributed by atoms with Crippen LogP contribution in [0.15, 0.2) is 17.0 Å². The lowest BCUT2D eigenvalue weighted by molar-refractivity contribution is 0.284. The van der Waals surface area contributed by atoms with Crippen LogP contribution in [0.4, 0.5) is 0 Å². The quantitative estimate of drug-likeness (QED) is 0.913. The summed E-state index contributed by atoms with van der Waals surface area (Å²) in [4.78, 5) is 0.349. The molecule has 0 aliphatic carbocycles. The zero-order chi connectivity index (χ0) is 14.9. The van der Waals surface area contributed by atoms with E-state index in [9.17, 15) is 8.42 Å². The summed E-state index contributed by atoms with van der Waals surface area (Å²) in [6.45, 7) is 7.55. The summed E-state index contributed by atoms with van der Waals surface area (Å²) in [5, 5.41) is 3.20. The van der Waals surface area contributed by atoms with Gasteiger partial charge in [-0.25, -0.2) is 8.42 Å². The molecule has 0 radical (unpaired) electrons. The molecule has 1 heterocycles. The van der Waals surface area contributed by atoms with Crippen molar-refractivity contribution in [1.82, 2.24) is 9.62 Å². The highest BCUT2D eigenvalue weighted by molar-refractivity contribution is 7.89. The lowest BCUT2D eigenvalue weighted by atomic mass is 10.1. The number of aryl methyl sites for hydroxylation is 2. The Labute approximate surface area is 121 Å². The smallest absolute Gasteiger partial charge is 0.243 e. The Balaban J connectivity index is 2.44. The lowest BCUT2D eigenvalue weighted by Gasteiger charge is -2.33. The van der Waals surface area contributed by atoms with Gasteiger partial charge in [-0.05, 0) is 44.0 Å². The number of benzene rings is 1. The van der Waals surface area contributed by atoms with Crippen molar-refractivity contribution in [3.05, 3.63) is 23.3 Å². The minimum Gasteiger partial charge on any atom is -0.496 e. The van der Waals surface area contributed by atoms with Gasteiger partial charge in [0.1, 0.15) is 5.75 Å². The summed E-state index contributed by atoms with van der Waals surface area (Å²) in [6, 6.07) is 3.35. The Morgan fingerprint density at radius 2 is 1.90 bits per heavy atom. The van der Waals surface area contributed by atoms with Crippen LogP contribution in [0, 0.1) is 13.8 Å². The van der Waals surface area contributed by atoms with E-state index in [0.29, 0.717) is 24.5 Å². The fraction of sp³-hybridized carbons (Fsp3) is 0.571. The molecule has 2 rings (SSSR count). The lowest BCUT2D eigenvalue weighted by Crippen LogP contribution is -2.52. The Hall–Kier alpha value is -1.11. The Morgan fingerprint density at radius 3 is 2.40 bits per heavy atom. The molecule has 1 atom stereocenters. The number of methoxy groups -OCH3 is 1. The van der Waals surface area contributed by atoms with Crippen LogP contribution >= 0.6 is 0 Å². The molecule has 0 aromatic heterocycles. The van der Waals surface area contributed by atoms with E-state index in [1.54, 1.807) is 23.5 Å². The van der Waals surface area contributed by atoms with Gasteiger partial charge in [0.05, 0.1) is 12.0 Å². The molecular weight excluding hydrogens is 276 g/mol. The highest BCUT2D eigenvalue weighted by Gasteiger charge is 2.31. The topological polar surface area (TPSA) is 58.6 Å². The van der Waals surface area contributed by atoms with Gasteiger partial charge in [-0.1, -0.05) is 0 Å². The molecule has 1 saturated heterocycles. The molecule has 1 aromatic rings. The molecule has 6 heteroatoms. The van der Waals surface area contributed by atoms with Crippen molar-refractivity contribution >= 4 is 10.0 Å². The minimum absolute atomic E-state index is 0.0311. The molecule has 5 nitrogen and oxygen atoms in total. The zero-order valence-electron chi connectivity index (χ0n) is 12.4. The number of nitrogens with one attached hydrogen (secondary N) is 1. The van der Waals surface area contributed by atoms with Gasteiger partial charge in [-0.15, -0.1) is 0 Å². The summed E-state index contributed by atoms with van der Waals surface area (Å²) >= 11 is 0. The Morgan fingerprint density at radius 1 is 1.30 bits per heavy atom. The van der Waals surface area contributed by atoms with Gasteiger partial charge in [0.2, 0.25) is 10.0 Å². The SMILES string of the molecule is COc1c(C)cc(S(=O)(=O)N2CCNCC2C)cc1C. The second-order valence-electron chi connectivity index (χ2n) is 5.26. The summed E-state index contributed by atoms with van der Waals surface area (Å²) in [5.41, 5.74) is 1.68. The highest BCUT2D eigenvalue weighted by atomic mass is 32.2. The molecule has 1 N–H and O–H groups in total. The van der Waals surface area contributed by atoms with Crippen LogP contribution in [0.1, 0.15) is 18.1 Å². The third-order valence-corrected chi connectivity index (χ3v) is 5.68. The number of sulfonamides is 1. The summed E-state index contributed by atoms with van der Waals surface area (Å²) in [7, 11) is -1.84. The van der Waals surface area contributed by atoms with E-state index in [1.165, 1.54) is 0 Å². The van der Waals surface area contributed by atoms with Crippen LogP contribution in [0.25, 0.3) is 0 Å². The van der Waals surface area contributed by atoms with Crippen molar-refractivity contribution in [2.24, 2.45) is 0 Å². The molecule has 1 fully saturated rings. The van der Waals surface area contributed by atoms with Crippen LogP contribution in [0.2, 0.25) is 0 Å². The van der Waals surface area contributed by atoms with Crippen molar-refractivity contribution in [3.63, 3.8) is 0 Å². The second kappa shape index (κ2) is 5.71. The largest absolute Gasteiger partial charge is 0.496 e. The monoisotopic (exact) mass is 298 g/mol. The maximum absolute atomic E-state index is 12.8. The van der Waals surface area contributed by atoms with Gasteiger partial charge in [-0.3, -0.25) is 0 Å². The number of nitrogens with zero attached hydrogens (tertiary/aromatic N) is 1. The first-order valence-corrected chi connectivity index (χ1v) is 8.19. The van der Waals surface area contributed by atoms with Crippen molar-refractivity contribution in [2.45, 2.75) is 31.7 Å². The van der Waals surface area contributed by atoms with Crippen molar-refractivity contribution < 1.29 is 13.2 Å². The van der Waals surface area contributed by atoms with Crippen LogP contribution < -0.4 is 10.1 Å². The Bertz CT molecular complexity index is 575. The molecule has 0 bridgehead atoms. The molecule has 1 aromatic carbocycles. The first-order chi connectivity index (χ1) is 9.37. The average Bonchev–Trinajstić information content (AvgIpc) is 2.38. The van der Waals surface area contributed by atoms with Gasteiger partial charge < -0.3 is 10.1 Å². The van der Waals surface area contributed by atoms with Gasteiger partial charge in [-0.2, -0.15) is 4.31 Å². The summed E-state index contributed by atoms with van der Waals surface area (Å²) in [5.74, 6) is 0.748. The normalized spacial score (nSPS) is 20.9. The molecule has 112 valence electrons. The average molecular weight is 298 g/mol. The predicted octanol–water partition coefficient (Wildman–Crippen LogP) is 1.29. The minimum atomic E-state index is -3.44. The molecule has 0 saturated carbocycles. The van der Waals surface area contributed by atoms with E-state index < -0.39 is 10.0 Å². The van der Waals surface area contributed by atoms with E-state index in [2.05, 4.69) is 5.32 Å². The standard InChI is InChI=1S/C14H22N2O3S/c1-10-7-13(8-11(2)14(10)19-4)20(17,18)16-6-5-15-9-12(16)3/h7-8,12,15H,5-6,9H2,1-4H3. The number of hydrogen-bond acceptors (Lipinski definition) is 4. The van der Waals surface area contributed by atoms with E-state index in [0.717, 1.165) is 16.9 Å². The van der Waals surface area contributed by atoms with Gasteiger partial charge in [0.25, 0.3) is 0 Å². The fourth-order valence-corrected chi connectivity index (χ4v) is 4.50. The third kappa shape index (κ3) is 2.68. The highest BCUT2D eigenvalue weighted by Crippen LogP contribution is 2.28.